The second kappa shape index (κ2) is 7.31. The number of nitrogens with one attached hydrogen (secondary N) is 2. The SMILES string of the molecule is COc1ccc(Cl)cc1NC(=O)NCC(C)(O)c1ccc2c(c1)OCO2. The molecule has 1 unspecified atom stereocenters. The number of rotatable bonds is 5. The zero-order valence-corrected chi connectivity index (χ0v) is 15.1. The number of amides is 2. The Kier molecular flexibility index (Phi) is 5.11. The van der Waals surface area contributed by atoms with Crippen molar-refractivity contribution in [2.45, 2.75) is 12.5 Å². The van der Waals surface area contributed by atoms with Crippen molar-refractivity contribution in [3.8, 4) is 17.2 Å². The maximum Gasteiger partial charge on any atom is 0.319 e. The second-order valence-electron chi connectivity index (χ2n) is 5.99. The number of aliphatic hydroxyl groups is 1. The van der Waals surface area contributed by atoms with Crippen molar-refractivity contribution < 1.29 is 24.1 Å². The fraction of sp³-hybridized carbons (Fsp3) is 0.278. The summed E-state index contributed by atoms with van der Waals surface area (Å²) in [7, 11) is 1.50. The van der Waals surface area contributed by atoms with Crippen LogP contribution in [0.15, 0.2) is 36.4 Å². The largest absolute Gasteiger partial charge is 0.495 e. The van der Waals surface area contributed by atoms with Crippen molar-refractivity contribution in [1.82, 2.24) is 5.32 Å². The third-order valence-electron chi connectivity index (χ3n) is 4.00. The number of carbonyl (C=O) groups is 1. The van der Waals surface area contributed by atoms with Gasteiger partial charge in [-0.05, 0) is 42.8 Å². The fourth-order valence-electron chi connectivity index (χ4n) is 2.53. The van der Waals surface area contributed by atoms with E-state index < -0.39 is 11.6 Å². The summed E-state index contributed by atoms with van der Waals surface area (Å²) in [6.45, 7) is 1.75. The van der Waals surface area contributed by atoms with E-state index in [4.69, 9.17) is 25.8 Å². The summed E-state index contributed by atoms with van der Waals surface area (Å²) < 4.78 is 15.8. The summed E-state index contributed by atoms with van der Waals surface area (Å²) >= 11 is 5.94. The molecule has 0 radical (unpaired) electrons. The minimum absolute atomic E-state index is 0.0125. The number of urea groups is 1. The standard InChI is InChI=1S/C18H19ClN2O5/c1-18(23,11-3-5-15-16(7-11)26-10-25-15)9-20-17(22)21-13-8-12(19)4-6-14(13)24-2/h3-8,23H,9-10H2,1-2H3,(H2,20,21,22). The number of carbonyl (C=O) groups excluding carboxylic acids is 1. The van der Waals surface area contributed by atoms with Crippen molar-refractivity contribution >= 4 is 23.3 Å². The summed E-state index contributed by atoms with van der Waals surface area (Å²) in [5.74, 6) is 1.67. The zero-order chi connectivity index (χ0) is 18.7. The molecular formula is C18H19ClN2O5. The lowest BCUT2D eigenvalue weighted by atomic mass is 9.95. The normalized spacial score (nSPS) is 14.5. The molecule has 0 fully saturated rings. The van der Waals surface area contributed by atoms with Crippen molar-refractivity contribution in [3.63, 3.8) is 0 Å². The summed E-state index contributed by atoms with van der Waals surface area (Å²) in [5.41, 5.74) is -0.265. The van der Waals surface area contributed by atoms with Gasteiger partial charge in [-0.1, -0.05) is 17.7 Å². The Morgan fingerprint density at radius 3 is 2.81 bits per heavy atom. The number of fused-ring (bicyclic) bond motifs is 1. The monoisotopic (exact) mass is 378 g/mol. The first-order valence-electron chi connectivity index (χ1n) is 7.90. The highest BCUT2D eigenvalue weighted by Gasteiger charge is 2.26. The van der Waals surface area contributed by atoms with Gasteiger partial charge in [-0.25, -0.2) is 4.79 Å². The maximum absolute atomic E-state index is 12.2. The first-order valence-corrected chi connectivity index (χ1v) is 8.28. The first kappa shape index (κ1) is 18.2. The summed E-state index contributed by atoms with van der Waals surface area (Å²) in [6, 6.07) is 9.55. The summed E-state index contributed by atoms with van der Waals surface area (Å²) in [6.07, 6.45) is 0. The zero-order valence-electron chi connectivity index (χ0n) is 14.3. The van der Waals surface area contributed by atoms with Crippen LogP contribution in [-0.4, -0.2) is 31.6 Å². The molecule has 26 heavy (non-hydrogen) atoms. The Labute approximate surface area is 155 Å². The number of benzene rings is 2. The molecule has 2 aromatic rings. The Morgan fingerprint density at radius 1 is 1.27 bits per heavy atom. The molecule has 8 heteroatoms. The van der Waals surface area contributed by atoms with Gasteiger partial charge in [0.05, 0.1) is 19.3 Å². The Bertz CT molecular complexity index is 825. The number of halogens is 1. The van der Waals surface area contributed by atoms with Crippen LogP contribution in [0.3, 0.4) is 0 Å². The molecule has 7 nitrogen and oxygen atoms in total. The Hall–Kier alpha value is -2.64. The van der Waals surface area contributed by atoms with E-state index in [0.717, 1.165) is 0 Å². The molecule has 1 aliphatic rings. The molecule has 0 aromatic heterocycles. The third kappa shape index (κ3) is 3.95. The van der Waals surface area contributed by atoms with E-state index in [1.165, 1.54) is 7.11 Å². The Balaban J connectivity index is 1.64. The van der Waals surface area contributed by atoms with Crippen molar-refractivity contribution in [2.75, 3.05) is 25.8 Å². The molecular weight excluding hydrogens is 360 g/mol. The lowest BCUT2D eigenvalue weighted by Crippen LogP contribution is -2.40. The van der Waals surface area contributed by atoms with Crippen LogP contribution in [0.5, 0.6) is 17.2 Å². The van der Waals surface area contributed by atoms with Crippen LogP contribution in [0.25, 0.3) is 0 Å². The lowest BCUT2D eigenvalue weighted by Gasteiger charge is -2.24. The average Bonchev–Trinajstić information content (AvgIpc) is 3.08. The predicted molar refractivity (Wildman–Crippen MR) is 97.2 cm³/mol. The van der Waals surface area contributed by atoms with Gasteiger partial charge in [-0.3, -0.25) is 0 Å². The van der Waals surface area contributed by atoms with Crippen molar-refractivity contribution in [1.29, 1.82) is 0 Å². The van der Waals surface area contributed by atoms with Crippen molar-refractivity contribution in [3.05, 3.63) is 47.0 Å². The minimum atomic E-state index is -1.29. The molecule has 0 saturated carbocycles. The molecule has 0 spiro atoms. The molecule has 3 N–H and O–H groups in total. The number of hydrogen-bond acceptors (Lipinski definition) is 5. The fourth-order valence-corrected chi connectivity index (χ4v) is 2.70. The van der Waals surface area contributed by atoms with Crippen LogP contribution in [0.4, 0.5) is 10.5 Å². The van der Waals surface area contributed by atoms with Gasteiger partial charge < -0.3 is 30.0 Å². The topological polar surface area (TPSA) is 89.1 Å². The third-order valence-corrected chi connectivity index (χ3v) is 4.23. The smallest absolute Gasteiger partial charge is 0.319 e. The maximum atomic E-state index is 12.2. The van der Waals surface area contributed by atoms with Gasteiger partial charge in [0.25, 0.3) is 0 Å². The molecule has 3 rings (SSSR count). The minimum Gasteiger partial charge on any atom is -0.495 e. The number of ether oxygens (including phenoxy) is 3. The quantitative estimate of drug-likeness (QED) is 0.744. The highest BCUT2D eigenvalue weighted by atomic mass is 35.5. The highest BCUT2D eigenvalue weighted by molar-refractivity contribution is 6.31. The van der Waals surface area contributed by atoms with Gasteiger partial charge in [0.1, 0.15) is 11.4 Å². The number of hydrogen-bond donors (Lipinski definition) is 3. The van der Waals surface area contributed by atoms with E-state index in [1.54, 1.807) is 43.3 Å². The average molecular weight is 379 g/mol. The van der Waals surface area contributed by atoms with E-state index in [1.807, 2.05) is 0 Å². The first-order chi connectivity index (χ1) is 12.4. The number of anilines is 1. The molecule has 2 amide bonds. The molecule has 1 aliphatic heterocycles. The van der Waals surface area contributed by atoms with Gasteiger partial charge in [-0.2, -0.15) is 0 Å². The van der Waals surface area contributed by atoms with Crippen LogP contribution in [0, 0.1) is 0 Å². The molecule has 1 heterocycles. The van der Waals surface area contributed by atoms with Crippen LogP contribution in [0.2, 0.25) is 5.02 Å². The van der Waals surface area contributed by atoms with Crippen LogP contribution < -0.4 is 24.8 Å². The molecule has 2 aromatic carbocycles. The highest BCUT2D eigenvalue weighted by Crippen LogP contribution is 2.35. The second-order valence-corrected chi connectivity index (χ2v) is 6.43. The van der Waals surface area contributed by atoms with Gasteiger partial charge in [0.2, 0.25) is 6.79 Å². The predicted octanol–water partition coefficient (Wildman–Crippen LogP) is 3.11. The summed E-state index contributed by atoms with van der Waals surface area (Å²) in [4.78, 5) is 12.2. The Morgan fingerprint density at radius 2 is 2.04 bits per heavy atom. The summed E-state index contributed by atoms with van der Waals surface area (Å²) in [5, 5.41) is 16.4. The molecule has 0 aliphatic carbocycles. The van der Waals surface area contributed by atoms with E-state index >= 15 is 0 Å². The van der Waals surface area contributed by atoms with Crippen LogP contribution >= 0.6 is 11.6 Å². The van der Waals surface area contributed by atoms with E-state index in [2.05, 4.69) is 10.6 Å². The van der Waals surface area contributed by atoms with Crippen LogP contribution in [0.1, 0.15) is 12.5 Å². The molecule has 138 valence electrons. The van der Waals surface area contributed by atoms with E-state index in [9.17, 15) is 9.90 Å². The van der Waals surface area contributed by atoms with Gasteiger partial charge in [0.15, 0.2) is 11.5 Å². The van der Waals surface area contributed by atoms with Crippen molar-refractivity contribution in [2.24, 2.45) is 0 Å². The van der Waals surface area contributed by atoms with Gasteiger partial charge in [-0.15, -0.1) is 0 Å². The lowest BCUT2D eigenvalue weighted by molar-refractivity contribution is 0.0597. The van der Waals surface area contributed by atoms with E-state index in [-0.39, 0.29) is 13.3 Å². The van der Waals surface area contributed by atoms with E-state index in [0.29, 0.717) is 33.5 Å². The van der Waals surface area contributed by atoms with Crippen LogP contribution in [-0.2, 0) is 5.60 Å². The molecule has 0 saturated heterocycles. The van der Waals surface area contributed by atoms with Gasteiger partial charge in [0, 0.05) is 5.02 Å². The van der Waals surface area contributed by atoms with Gasteiger partial charge >= 0.3 is 6.03 Å². The molecule has 1 atom stereocenters. The number of methoxy groups -OCH3 is 1. The molecule has 0 bridgehead atoms.